The van der Waals surface area contributed by atoms with Gasteiger partial charge < -0.3 is 5.32 Å². The topological polar surface area (TPSA) is 24.4 Å². The van der Waals surface area contributed by atoms with E-state index in [1.165, 1.54) is 16.7 Å². The molecule has 0 aliphatic rings. The maximum atomic E-state index is 4.12. The number of hydrogen-bond acceptors (Lipinski definition) is 1. The summed E-state index contributed by atoms with van der Waals surface area (Å²) in [5, 5.41) is 2.99. The van der Waals surface area contributed by atoms with Gasteiger partial charge in [0.05, 0.1) is 0 Å². The Morgan fingerprint density at radius 3 is 2.75 bits per heavy atom. The Hall–Kier alpha value is -1.83. The van der Waals surface area contributed by atoms with Gasteiger partial charge in [0.2, 0.25) is 0 Å². The highest BCUT2D eigenvalue weighted by molar-refractivity contribution is 5.99. The number of aliphatic imine (C=N–C) groups is 1. The molecule has 0 heterocycles. The van der Waals surface area contributed by atoms with Crippen LogP contribution in [0.1, 0.15) is 18.1 Å². The third kappa shape index (κ3) is 3.39. The monoisotopic (exact) mass is 214 g/mol. The van der Waals surface area contributed by atoms with E-state index >= 15 is 0 Å². The number of aryl methyl sites for hydroxylation is 1. The second-order valence-corrected chi connectivity index (χ2v) is 3.65. The molecular weight excluding hydrogens is 196 g/mol. The zero-order chi connectivity index (χ0) is 12.0. The van der Waals surface area contributed by atoms with Crippen LogP contribution in [0.15, 0.2) is 48.1 Å². The van der Waals surface area contributed by atoms with Gasteiger partial charge in [-0.05, 0) is 37.3 Å². The van der Waals surface area contributed by atoms with Gasteiger partial charge in [0.1, 0.15) is 5.84 Å². The molecule has 84 valence electrons. The van der Waals surface area contributed by atoms with Gasteiger partial charge in [0.15, 0.2) is 0 Å². The van der Waals surface area contributed by atoms with E-state index in [2.05, 4.69) is 55.0 Å². The van der Waals surface area contributed by atoms with Crippen LogP contribution in [0.3, 0.4) is 0 Å². The number of allylic oxidation sites excluding steroid dienone is 1. The Morgan fingerprint density at radius 1 is 1.44 bits per heavy atom. The van der Waals surface area contributed by atoms with Crippen molar-refractivity contribution < 1.29 is 0 Å². The fourth-order valence-corrected chi connectivity index (χ4v) is 1.45. The summed E-state index contributed by atoms with van der Waals surface area (Å²) in [5.74, 6) is 0.814. The standard InChI is InChI=1S/C14H18N2/c1-5-16-14(15-4)10-12(3)13-8-6-7-11(2)9-13/h5-10H,1H2,2-4H3,(H,15,16)/b12-10+. The van der Waals surface area contributed by atoms with Gasteiger partial charge in [0, 0.05) is 7.05 Å². The van der Waals surface area contributed by atoms with Gasteiger partial charge in [-0.1, -0.05) is 36.4 Å². The van der Waals surface area contributed by atoms with Crippen LogP contribution in [0.5, 0.6) is 0 Å². The van der Waals surface area contributed by atoms with Crippen molar-refractivity contribution in [2.24, 2.45) is 4.99 Å². The summed E-state index contributed by atoms with van der Waals surface area (Å²) in [6, 6.07) is 8.41. The van der Waals surface area contributed by atoms with E-state index < -0.39 is 0 Å². The van der Waals surface area contributed by atoms with Crippen LogP contribution in [-0.4, -0.2) is 12.9 Å². The first-order valence-corrected chi connectivity index (χ1v) is 5.27. The minimum absolute atomic E-state index is 0.814. The summed E-state index contributed by atoms with van der Waals surface area (Å²) in [5.41, 5.74) is 3.66. The average molecular weight is 214 g/mol. The number of amidine groups is 1. The third-order valence-corrected chi connectivity index (χ3v) is 2.32. The van der Waals surface area contributed by atoms with Crippen molar-refractivity contribution >= 4 is 11.4 Å². The second kappa shape index (κ2) is 5.91. The number of nitrogens with zero attached hydrogens (tertiary/aromatic N) is 1. The van der Waals surface area contributed by atoms with Crippen molar-refractivity contribution in [3.63, 3.8) is 0 Å². The van der Waals surface area contributed by atoms with E-state index in [1.54, 1.807) is 13.2 Å². The quantitative estimate of drug-likeness (QED) is 0.606. The Morgan fingerprint density at radius 2 is 2.19 bits per heavy atom. The van der Waals surface area contributed by atoms with Crippen LogP contribution in [0.25, 0.3) is 5.57 Å². The van der Waals surface area contributed by atoms with Crippen LogP contribution in [-0.2, 0) is 0 Å². The van der Waals surface area contributed by atoms with Crippen LogP contribution in [0.4, 0.5) is 0 Å². The Bertz CT molecular complexity index is 428. The molecule has 0 spiro atoms. The highest BCUT2D eigenvalue weighted by Crippen LogP contribution is 2.14. The molecule has 0 aliphatic heterocycles. The minimum Gasteiger partial charge on any atom is -0.348 e. The lowest BCUT2D eigenvalue weighted by Crippen LogP contribution is -2.14. The molecule has 0 saturated carbocycles. The summed E-state index contributed by atoms with van der Waals surface area (Å²) in [6.45, 7) is 7.79. The molecule has 0 bridgehead atoms. The summed E-state index contributed by atoms with van der Waals surface area (Å²) >= 11 is 0. The first kappa shape index (κ1) is 12.2. The second-order valence-electron chi connectivity index (χ2n) is 3.65. The van der Waals surface area contributed by atoms with Crippen molar-refractivity contribution in [2.75, 3.05) is 7.05 Å². The third-order valence-electron chi connectivity index (χ3n) is 2.32. The predicted octanol–water partition coefficient (Wildman–Crippen LogP) is 3.16. The van der Waals surface area contributed by atoms with Crippen LogP contribution < -0.4 is 5.32 Å². The number of rotatable bonds is 3. The smallest absolute Gasteiger partial charge is 0.124 e. The molecule has 0 fully saturated rings. The maximum Gasteiger partial charge on any atom is 0.124 e. The molecule has 1 N–H and O–H groups in total. The molecule has 0 aromatic heterocycles. The minimum atomic E-state index is 0.814. The van der Waals surface area contributed by atoms with Gasteiger partial charge in [-0.3, -0.25) is 4.99 Å². The summed E-state index contributed by atoms with van der Waals surface area (Å²) < 4.78 is 0. The molecule has 0 saturated heterocycles. The Kier molecular flexibility index (Phi) is 4.52. The molecule has 1 aromatic carbocycles. The fourth-order valence-electron chi connectivity index (χ4n) is 1.45. The zero-order valence-corrected chi connectivity index (χ0v) is 10.1. The average Bonchev–Trinajstić information content (AvgIpc) is 2.28. The van der Waals surface area contributed by atoms with E-state index in [0.717, 1.165) is 5.84 Å². The maximum absolute atomic E-state index is 4.12. The number of nitrogens with one attached hydrogen (secondary N) is 1. The van der Waals surface area contributed by atoms with Crippen molar-refractivity contribution in [3.05, 3.63) is 54.2 Å². The summed E-state index contributed by atoms with van der Waals surface area (Å²) in [7, 11) is 1.76. The molecular formula is C14H18N2. The lowest BCUT2D eigenvalue weighted by atomic mass is 10.0. The highest BCUT2D eigenvalue weighted by atomic mass is 14.9. The first-order valence-electron chi connectivity index (χ1n) is 5.27. The molecule has 0 unspecified atom stereocenters. The fraction of sp³-hybridized carbons (Fsp3) is 0.214. The highest BCUT2D eigenvalue weighted by Gasteiger charge is 1.97. The Balaban J connectivity index is 2.96. The lowest BCUT2D eigenvalue weighted by molar-refractivity contribution is 1.25. The van der Waals surface area contributed by atoms with Crippen LogP contribution >= 0.6 is 0 Å². The van der Waals surface area contributed by atoms with E-state index in [-0.39, 0.29) is 0 Å². The molecule has 1 aromatic rings. The molecule has 0 radical (unpaired) electrons. The molecule has 1 rings (SSSR count). The van der Waals surface area contributed by atoms with E-state index in [0.29, 0.717) is 0 Å². The van der Waals surface area contributed by atoms with Gasteiger partial charge in [-0.25, -0.2) is 0 Å². The molecule has 2 nitrogen and oxygen atoms in total. The van der Waals surface area contributed by atoms with Crippen LogP contribution in [0, 0.1) is 6.92 Å². The number of hydrogen-bond donors (Lipinski definition) is 1. The van der Waals surface area contributed by atoms with Gasteiger partial charge in [-0.15, -0.1) is 0 Å². The number of benzene rings is 1. The van der Waals surface area contributed by atoms with E-state index in [9.17, 15) is 0 Å². The van der Waals surface area contributed by atoms with Crippen molar-refractivity contribution in [2.45, 2.75) is 13.8 Å². The molecule has 0 aliphatic carbocycles. The van der Waals surface area contributed by atoms with Gasteiger partial charge in [-0.2, -0.15) is 0 Å². The molecule has 2 heteroatoms. The Labute approximate surface area is 97.4 Å². The van der Waals surface area contributed by atoms with Crippen molar-refractivity contribution in [3.8, 4) is 0 Å². The lowest BCUT2D eigenvalue weighted by Gasteiger charge is -2.05. The van der Waals surface area contributed by atoms with Crippen LogP contribution in [0.2, 0.25) is 0 Å². The van der Waals surface area contributed by atoms with Crippen molar-refractivity contribution in [1.82, 2.24) is 5.32 Å². The zero-order valence-electron chi connectivity index (χ0n) is 10.1. The molecule has 0 atom stereocenters. The summed E-state index contributed by atoms with van der Waals surface area (Å²) in [4.78, 5) is 4.12. The summed E-state index contributed by atoms with van der Waals surface area (Å²) in [6.07, 6.45) is 3.64. The first-order chi connectivity index (χ1) is 7.67. The molecule has 0 amide bonds. The van der Waals surface area contributed by atoms with Crippen molar-refractivity contribution in [1.29, 1.82) is 0 Å². The SMILES string of the molecule is C=CNC(/C=C(\C)c1cccc(C)c1)=NC. The van der Waals surface area contributed by atoms with Gasteiger partial charge >= 0.3 is 0 Å². The normalized spacial score (nSPS) is 12.4. The van der Waals surface area contributed by atoms with Gasteiger partial charge in [0.25, 0.3) is 0 Å². The molecule has 16 heavy (non-hydrogen) atoms. The van der Waals surface area contributed by atoms with E-state index in [1.807, 2.05) is 6.08 Å². The largest absolute Gasteiger partial charge is 0.348 e. The predicted molar refractivity (Wildman–Crippen MR) is 71.5 cm³/mol. The van der Waals surface area contributed by atoms with E-state index in [4.69, 9.17) is 0 Å².